The van der Waals surface area contributed by atoms with E-state index in [1.54, 1.807) is 0 Å². The molecule has 1 aliphatic heterocycles. The molecule has 1 aromatic heterocycles. The first-order chi connectivity index (χ1) is 6.81. The molecule has 2 heterocycles. The van der Waals surface area contributed by atoms with Gasteiger partial charge < -0.3 is 0 Å². The van der Waals surface area contributed by atoms with Crippen LogP contribution in [-0.4, -0.2) is 27.9 Å². The van der Waals surface area contributed by atoms with Gasteiger partial charge in [-0.3, -0.25) is 9.59 Å². The molecule has 0 saturated heterocycles. The summed E-state index contributed by atoms with van der Waals surface area (Å²) in [6.07, 6.45) is 4.89. The van der Waals surface area contributed by atoms with E-state index in [0.29, 0.717) is 12.0 Å². The first-order valence-corrected chi connectivity index (χ1v) is 3.92. The summed E-state index contributed by atoms with van der Waals surface area (Å²) in [5.41, 5.74) is 0.688. The van der Waals surface area contributed by atoms with E-state index in [4.69, 9.17) is 0 Å². The standard InChI is InChI=1S/C8H6N4O2/c13-4-6-1-8(14)12(11-6)7-2-9-5-10-3-7/h2-5H,1H2. The maximum atomic E-state index is 11.3. The van der Waals surface area contributed by atoms with Crippen LogP contribution in [0, 0.1) is 0 Å². The molecule has 2 rings (SSSR count). The average Bonchev–Trinajstić information content (AvgIpc) is 2.61. The minimum Gasteiger partial charge on any atom is -0.296 e. The maximum absolute atomic E-state index is 11.3. The minimum absolute atomic E-state index is 0.0401. The van der Waals surface area contributed by atoms with E-state index < -0.39 is 0 Å². The Morgan fingerprint density at radius 3 is 2.64 bits per heavy atom. The number of aromatic nitrogens is 2. The van der Waals surface area contributed by atoms with Crippen molar-refractivity contribution in [3.05, 3.63) is 18.7 Å². The van der Waals surface area contributed by atoms with Crippen LogP contribution in [0.3, 0.4) is 0 Å². The topological polar surface area (TPSA) is 75.5 Å². The van der Waals surface area contributed by atoms with Gasteiger partial charge in [-0.25, -0.2) is 9.97 Å². The Kier molecular flexibility index (Phi) is 2.02. The summed E-state index contributed by atoms with van der Waals surface area (Å²) in [6, 6.07) is 0. The highest BCUT2D eigenvalue weighted by atomic mass is 16.2. The first-order valence-electron chi connectivity index (χ1n) is 3.92. The lowest BCUT2D eigenvalue weighted by atomic mass is 10.3. The summed E-state index contributed by atoms with van der Waals surface area (Å²) >= 11 is 0. The fourth-order valence-corrected chi connectivity index (χ4v) is 1.12. The number of rotatable bonds is 2. The average molecular weight is 190 g/mol. The highest BCUT2D eigenvalue weighted by Crippen LogP contribution is 2.17. The van der Waals surface area contributed by atoms with Crippen LogP contribution in [0.15, 0.2) is 23.8 Å². The van der Waals surface area contributed by atoms with Crippen molar-refractivity contribution in [2.24, 2.45) is 5.10 Å². The van der Waals surface area contributed by atoms with Crippen molar-refractivity contribution in [3.8, 4) is 0 Å². The normalized spacial score (nSPS) is 15.6. The van der Waals surface area contributed by atoms with Crippen molar-refractivity contribution in [2.45, 2.75) is 6.42 Å². The van der Waals surface area contributed by atoms with Gasteiger partial charge in [0, 0.05) is 0 Å². The molecule has 70 valence electrons. The molecule has 1 aromatic rings. The molecule has 0 unspecified atom stereocenters. The highest BCUT2D eigenvalue weighted by Gasteiger charge is 2.24. The smallest absolute Gasteiger partial charge is 0.253 e. The molecule has 6 heteroatoms. The summed E-state index contributed by atoms with van der Waals surface area (Å²) in [4.78, 5) is 29.2. The zero-order chi connectivity index (χ0) is 9.97. The van der Waals surface area contributed by atoms with Gasteiger partial charge in [0.15, 0.2) is 6.29 Å². The number of carbonyl (C=O) groups is 2. The van der Waals surface area contributed by atoms with Gasteiger partial charge in [-0.2, -0.15) is 10.1 Å². The van der Waals surface area contributed by atoms with Crippen molar-refractivity contribution >= 4 is 23.6 Å². The van der Waals surface area contributed by atoms with Gasteiger partial charge in [0.25, 0.3) is 5.91 Å². The quantitative estimate of drug-likeness (QED) is 0.603. The number of amides is 1. The third kappa shape index (κ3) is 1.37. The SMILES string of the molecule is O=CC1=NN(c2cncnc2)C(=O)C1. The van der Waals surface area contributed by atoms with Gasteiger partial charge in [-0.1, -0.05) is 0 Å². The number of aldehydes is 1. The van der Waals surface area contributed by atoms with Crippen LogP contribution in [0.1, 0.15) is 6.42 Å². The Morgan fingerprint density at radius 1 is 1.36 bits per heavy atom. The molecule has 6 nitrogen and oxygen atoms in total. The van der Waals surface area contributed by atoms with E-state index in [2.05, 4.69) is 15.1 Å². The molecule has 0 radical (unpaired) electrons. The Morgan fingerprint density at radius 2 is 2.07 bits per heavy atom. The van der Waals surface area contributed by atoms with E-state index in [-0.39, 0.29) is 18.0 Å². The number of nitrogens with zero attached hydrogens (tertiary/aromatic N) is 4. The predicted octanol–water partition coefficient (Wildman–Crippen LogP) is -0.232. The Balaban J connectivity index is 2.32. The zero-order valence-corrected chi connectivity index (χ0v) is 7.12. The molecule has 14 heavy (non-hydrogen) atoms. The zero-order valence-electron chi connectivity index (χ0n) is 7.12. The van der Waals surface area contributed by atoms with E-state index in [1.165, 1.54) is 18.7 Å². The molecule has 0 spiro atoms. The minimum atomic E-state index is -0.248. The number of hydrazone groups is 1. The predicted molar refractivity (Wildman–Crippen MR) is 47.6 cm³/mol. The molecule has 0 N–H and O–H groups in total. The van der Waals surface area contributed by atoms with Crippen molar-refractivity contribution in [3.63, 3.8) is 0 Å². The van der Waals surface area contributed by atoms with Gasteiger partial charge in [-0.15, -0.1) is 0 Å². The van der Waals surface area contributed by atoms with Crippen molar-refractivity contribution in [2.75, 3.05) is 5.01 Å². The molecule has 1 aliphatic rings. The monoisotopic (exact) mass is 190 g/mol. The van der Waals surface area contributed by atoms with E-state index in [1.807, 2.05) is 0 Å². The van der Waals surface area contributed by atoms with E-state index in [0.717, 1.165) is 5.01 Å². The summed E-state index contributed by atoms with van der Waals surface area (Å²) in [7, 11) is 0. The van der Waals surface area contributed by atoms with Crippen LogP contribution >= 0.6 is 0 Å². The lowest BCUT2D eigenvalue weighted by Crippen LogP contribution is -2.19. The van der Waals surface area contributed by atoms with Crippen LogP contribution in [0.5, 0.6) is 0 Å². The first kappa shape index (κ1) is 8.49. The Bertz CT molecular complexity index is 401. The molecule has 0 saturated carbocycles. The van der Waals surface area contributed by atoms with Crippen LogP contribution in [0.2, 0.25) is 0 Å². The molecule has 0 atom stereocenters. The molecule has 1 amide bonds. The molecule has 0 fully saturated rings. The van der Waals surface area contributed by atoms with E-state index in [9.17, 15) is 9.59 Å². The number of hydrogen-bond acceptors (Lipinski definition) is 5. The van der Waals surface area contributed by atoms with Gasteiger partial charge in [0.1, 0.15) is 17.7 Å². The van der Waals surface area contributed by atoms with Gasteiger partial charge >= 0.3 is 0 Å². The van der Waals surface area contributed by atoms with Crippen molar-refractivity contribution in [1.29, 1.82) is 0 Å². The Labute approximate surface area is 79.3 Å². The third-order valence-corrected chi connectivity index (χ3v) is 1.72. The summed E-state index contributed by atoms with van der Waals surface area (Å²) in [5, 5.41) is 4.94. The fraction of sp³-hybridized carbons (Fsp3) is 0.125. The molecule has 0 aromatic carbocycles. The lowest BCUT2D eigenvalue weighted by Gasteiger charge is -2.08. The Hall–Kier alpha value is -2.11. The number of carbonyl (C=O) groups excluding carboxylic acids is 2. The van der Waals surface area contributed by atoms with Gasteiger partial charge in [0.2, 0.25) is 0 Å². The maximum Gasteiger partial charge on any atom is 0.253 e. The van der Waals surface area contributed by atoms with Gasteiger partial charge in [-0.05, 0) is 0 Å². The van der Waals surface area contributed by atoms with Crippen LogP contribution in [0.4, 0.5) is 5.69 Å². The molecular weight excluding hydrogens is 184 g/mol. The highest BCUT2D eigenvalue weighted by molar-refractivity contribution is 6.36. The third-order valence-electron chi connectivity index (χ3n) is 1.72. The van der Waals surface area contributed by atoms with E-state index >= 15 is 0 Å². The summed E-state index contributed by atoms with van der Waals surface area (Å²) in [5.74, 6) is -0.248. The molecular formula is C8H6N4O2. The van der Waals surface area contributed by atoms with Crippen LogP contribution in [0.25, 0.3) is 0 Å². The number of anilines is 1. The lowest BCUT2D eigenvalue weighted by molar-refractivity contribution is -0.117. The summed E-state index contributed by atoms with van der Waals surface area (Å²) in [6.45, 7) is 0. The molecule has 0 bridgehead atoms. The summed E-state index contributed by atoms with van der Waals surface area (Å²) < 4.78 is 0. The van der Waals surface area contributed by atoms with Crippen molar-refractivity contribution in [1.82, 2.24) is 9.97 Å². The van der Waals surface area contributed by atoms with Crippen LogP contribution < -0.4 is 5.01 Å². The fourth-order valence-electron chi connectivity index (χ4n) is 1.12. The van der Waals surface area contributed by atoms with Gasteiger partial charge in [0.05, 0.1) is 18.8 Å². The second-order valence-electron chi connectivity index (χ2n) is 2.69. The largest absolute Gasteiger partial charge is 0.296 e. The van der Waals surface area contributed by atoms with Crippen molar-refractivity contribution < 1.29 is 9.59 Å². The van der Waals surface area contributed by atoms with Crippen LogP contribution in [-0.2, 0) is 9.59 Å². The second kappa shape index (κ2) is 3.33. The second-order valence-corrected chi connectivity index (χ2v) is 2.69. The molecule has 0 aliphatic carbocycles. The number of hydrogen-bond donors (Lipinski definition) is 0.